The summed E-state index contributed by atoms with van der Waals surface area (Å²) in [6.45, 7) is -0.208. The second-order valence-corrected chi connectivity index (χ2v) is 11.7. The van der Waals surface area contributed by atoms with Crippen LogP contribution < -0.4 is 21.3 Å². The van der Waals surface area contributed by atoms with Crippen LogP contribution in [0, 0.1) is 0 Å². The maximum absolute atomic E-state index is 13.4. The van der Waals surface area contributed by atoms with Crippen LogP contribution in [0.5, 0.6) is 5.75 Å². The fourth-order valence-electron chi connectivity index (χ4n) is 5.24. The number of aromatic hydroxyl groups is 1. The topological polar surface area (TPSA) is 146 Å². The molecule has 0 heterocycles. The highest BCUT2D eigenvalue weighted by Gasteiger charge is 2.28. The Morgan fingerprint density at radius 1 is 0.830 bits per heavy atom. The first-order valence-corrected chi connectivity index (χ1v) is 15.6. The second-order valence-electron chi connectivity index (χ2n) is 10.9. The second kappa shape index (κ2) is 15.5. The van der Waals surface area contributed by atoms with Gasteiger partial charge in [-0.25, -0.2) is 9.59 Å². The minimum Gasteiger partial charge on any atom is -0.508 e. The molecule has 12 heteroatoms. The Balaban J connectivity index is 1.25. The third-order valence-electron chi connectivity index (χ3n) is 7.61. The predicted octanol–water partition coefficient (Wildman–Crippen LogP) is 5.46. The first-order chi connectivity index (χ1) is 22.7. The van der Waals surface area contributed by atoms with E-state index in [2.05, 4.69) is 21.3 Å². The van der Waals surface area contributed by atoms with Gasteiger partial charge in [0, 0.05) is 12.1 Å². The summed E-state index contributed by atoms with van der Waals surface area (Å²) in [4.78, 5) is 52.3. The number of phenolic OH excluding ortho intramolecular Hbond substituents is 1. The summed E-state index contributed by atoms with van der Waals surface area (Å²) in [5.74, 6) is -2.04. The van der Waals surface area contributed by atoms with E-state index >= 15 is 0 Å². The maximum Gasteiger partial charge on any atom is 0.330 e. The van der Waals surface area contributed by atoms with Gasteiger partial charge in [0.2, 0.25) is 0 Å². The molecule has 5 N–H and O–H groups in total. The highest BCUT2D eigenvalue weighted by atomic mass is 35.5. The molecule has 1 unspecified atom stereocenters. The van der Waals surface area contributed by atoms with Crippen molar-refractivity contribution in [2.24, 2.45) is 0 Å². The van der Waals surface area contributed by atoms with E-state index in [0.29, 0.717) is 5.56 Å². The number of hydrogen-bond acceptors (Lipinski definition) is 6. The summed E-state index contributed by atoms with van der Waals surface area (Å²) < 4.78 is 5.46. The predicted molar refractivity (Wildman–Crippen MR) is 177 cm³/mol. The molecule has 242 valence electrons. The number of ether oxygens (including phenoxy) is 1. The van der Waals surface area contributed by atoms with E-state index in [0.717, 1.165) is 24.0 Å². The third-order valence-corrected chi connectivity index (χ3v) is 8.21. The van der Waals surface area contributed by atoms with Crippen molar-refractivity contribution in [2.45, 2.75) is 38.1 Å². The Labute approximate surface area is 281 Å². The Kier molecular flexibility index (Phi) is 11.0. The van der Waals surface area contributed by atoms with Crippen molar-refractivity contribution >= 4 is 47.0 Å². The Hall–Kier alpha value is -5.06. The molecular weight excluding hydrogens is 643 g/mol. The molecule has 0 saturated heterocycles. The standard InChI is InChI=1S/C35H32Cl2N4O6/c36-27-16-24(32(43)38-18-22-9-6-11-25(42)15-22)17-28(37)31(27)33(44)40-30(34(45)47-20-21-7-2-1-3-8-21)19-39-35(46)41-29-14-13-23-10-4-5-12-26(23)29/h1-12,15-17,29-30,42H,13-14,18-20H2,(H,38,43)(H,40,44)(H2,39,41,46)/t29-,30?/m1/s1. The van der Waals surface area contributed by atoms with Crippen molar-refractivity contribution < 1.29 is 29.0 Å². The number of fused-ring (bicyclic) bond motifs is 1. The number of nitrogens with one attached hydrogen (secondary N) is 4. The number of urea groups is 1. The molecule has 10 nitrogen and oxygen atoms in total. The molecule has 0 aromatic heterocycles. The molecule has 0 aliphatic heterocycles. The molecule has 4 aromatic rings. The van der Waals surface area contributed by atoms with Gasteiger partial charge in [-0.2, -0.15) is 0 Å². The van der Waals surface area contributed by atoms with Gasteiger partial charge in [-0.15, -0.1) is 0 Å². The first-order valence-electron chi connectivity index (χ1n) is 14.9. The summed E-state index contributed by atoms with van der Waals surface area (Å²) in [5, 5.41) is 20.2. The van der Waals surface area contributed by atoms with Crippen molar-refractivity contribution in [3.8, 4) is 5.75 Å². The van der Waals surface area contributed by atoms with E-state index in [-0.39, 0.29) is 52.7 Å². The summed E-state index contributed by atoms with van der Waals surface area (Å²) in [6.07, 6.45) is 1.58. The molecular formula is C35H32Cl2N4O6. The smallest absolute Gasteiger partial charge is 0.330 e. The van der Waals surface area contributed by atoms with Crippen LogP contribution in [-0.4, -0.2) is 41.5 Å². The minimum absolute atomic E-state index is 0.0506. The van der Waals surface area contributed by atoms with E-state index in [4.69, 9.17) is 27.9 Å². The molecule has 1 aliphatic rings. The average molecular weight is 676 g/mol. The number of rotatable bonds is 11. The number of hydrogen-bond donors (Lipinski definition) is 5. The van der Waals surface area contributed by atoms with E-state index in [1.165, 1.54) is 29.8 Å². The normalized spacial score (nSPS) is 14.0. The number of phenols is 1. The molecule has 4 amide bonds. The number of aryl methyl sites for hydroxylation is 1. The zero-order chi connectivity index (χ0) is 33.3. The van der Waals surface area contributed by atoms with Gasteiger partial charge in [0.05, 0.1) is 28.2 Å². The van der Waals surface area contributed by atoms with E-state index in [9.17, 15) is 24.3 Å². The molecule has 0 radical (unpaired) electrons. The Bertz CT molecular complexity index is 1760. The van der Waals surface area contributed by atoms with Gasteiger partial charge in [0.25, 0.3) is 11.8 Å². The molecule has 0 spiro atoms. The van der Waals surface area contributed by atoms with Crippen molar-refractivity contribution in [2.75, 3.05) is 6.54 Å². The van der Waals surface area contributed by atoms with Crippen LogP contribution in [0.25, 0.3) is 0 Å². The number of carbonyl (C=O) groups is 4. The van der Waals surface area contributed by atoms with Crippen LogP contribution in [0.15, 0.2) is 91.0 Å². The fraction of sp³-hybridized carbons (Fsp3) is 0.200. The highest BCUT2D eigenvalue weighted by Crippen LogP contribution is 2.30. The van der Waals surface area contributed by atoms with Gasteiger partial charge in [0.1, 0.15) is 18.4 Å². The number of amides is 4. The van der Waals surface area contributed by atoms with Gasteiger partial charge in [-0.1, -0.05) is 89.9 Å². The van der Waals surface area contributed by atoms with Crippen LogP contribution in [0.1, 0.15) is 55.4 Å². The summed E-state index contributed by atoms with van der Waals surface area (Å²) in [5.41, 5.74) is 3.55. The van der Waals surface area contributed by atoms with E-state index < -0.39 is 29.9 Å². The molecule has 0 bridgehead atoms. The van der Waals surface area contributed by atoms with Crippen LogP contribution in [0.3, 0.4) is 0 Å². The summed E-state index contributed by atoms with van der Waals surface area (Å²) in [6, 6.07) is 23.9. The minimum atomic E-state index is -1.30. The summed E-state index contributed by atoms with van der Waals surface area (Å²) in [7, 11) is 0. The average Bonchev–Trinajstić information content (AvgIpc) is 3.47. The van der Waals surface area contributed by atoms with E-state index in [1.807, 2.05) is 30.3 Å². The zero-order valence-corrected chi connectivity index (χ0v) is 26.6. The van der Waals surface area contributed by atoms with Crippen molar-refractivity contribution in [1.29, 1.82) is 0 Å². The molecule has 2 atom stereocenters. The molecule has 1 aliphatic carbocycles. The number of esters is 1. The number of carbonyl (C=O) groups excluding carboxylic acids is 4. The lowest BCUT2D eigenvalue weighted by atomic mass is 10.1. The monoisotopic (exact) mass is 674 g/mol. The Morgan fingerprint density at radius 3 is 2.28 bits per heavy atom. The first kappa shape index (κ1) is 33.3. The maximum atomic E-state index is 13.4. The molecule has 4 aromatic carbocycles. The lowest BCUT2D eigenvalue weighted by molar-refractivity contribution is -0.147. The van der Waals surface area contributed by atoms with Gasteiger partial charge >= 0.3 is 12.0 Å². The Morgan fingerprint density at radius 2 is 1.53 bits per heavy atom. The van der Waals surface area contributed by atoms with Gasteiger partial charge in [0.15, 0.2) is 0 Å². The molecule has 5 rings (SSSR count). The van der Waals surface area contributed by atoms with E-state index in [1.54, 1.807) is 36.4 Å². The van der Waals surface area contributed by atoms with Crippen LogP contribution in [-0.2, 0) is 29.1 Å². The number of benzene rings is 4. The van der Waals surface area contributed by atoms with Crippen LogP contribution in [0.4, 0.5) is 4.79 Å². The van der Waals surface area contributed by atoms with Crippen LogP contribution >= 0.6 is 23.2 Å². The van der Waals surface area contributed by atoms with Gasteiger partial charge in [-0.3, -0.25) is 9.59 Å². The summed E-state index contributed by atoms with van der Waals surface area (Å²) >= 11 is 12.9. The largest absolute Gasteiger partial charge is 0.508 e. The lowest BCUT2D eigenvalue weighted by Crippen LogP contribution is -2.51. The zero-order valence-electron chi connectivity index (χ0n) is 25.1. The van der Waals surface area contributed by atoms with Gasteiger partial charge < -0.3 is 31.1 Å². The fourth-order valence-corrected chi connectivity index (χ4v) is 5.89. The quantitative estimate of drug-likeness (QED) is 0.134. The third kappa shape index (κ3) is 8.81. The molecule has 0 saturated carbocycles. The van der Waals surface area contributed by atoms with Crippen molar-refractivity contribution in [1.82, 2.24) is 21.3 Å². The molecule has 0 fully saturated rings. The number of halogens is 2. The SMILES string of the molecule is O=C(NCC(NC(=O)c1c(Cl)cc(C(=O)NCc2cccc(O)c2)cc1Cl)C(=O)OCc1ccccc1)N[C@@H]1CCc2ccccc21. The van der Waals surface area contributed by atoms with Gasteiger partial charge in [-0.05, 0) is 59.4 Å². The highest BCUT2D eigenvalue weighted by molar-refractivity contribution is 6.40. The van der Waals surface area contributed by atoms with Crippen molar-refractivity contribution in [3.63, 3.8) is 0 Å². The molecule has 47 heavy (non-hydrogen) atoms. The van der Waals surface area contributed by atoms with Crippen LogP contribution in [0.2, 0.25) is 10.0 Å². The van der Waals surface area contributed by atoms with Crippen molar-refractivity contribution in [3.05, 3.63) is 134 Å². The lowest BCUT2D eigenvalue weighted by Gasteiger charge is -2.21.